The molecule has 1 aromatic carbocycles. The normalized spacial score (nSPS) is 19.7. The van der Waals surface area contributed by atoms with Crippen molar-refractivity contribution in [3.8, 4) is 0 Å². The van der Waals surface area contributed by atoms with Crippen LogP contribution in [0.2, 0.25) is 0 Å². The molecule has 1 aromatic heterocycles. The Balaban J connectivity index is 1.31. The maximum atomic E-state index is 12.1. The molecule has 7 heteroatoms. The van der Waals surface area contributed by atoms with Gasteiger partial charge in [0.25, 0.3) is 0 Å². The standard InChI is InChI=1S/C22H31N5O2/c1-16-12-17(2)14-18(13-16)15-26-8-6-21-25-24-20(27(21)10-9-26)5-7-23-22(28)19-4-3-11-29-19/h12-14,19H,3-11,15H2,1-2H3,(H,23,28). The summed E-state index contributed by atoms with van der Waals surface area (Å²) < 4.78 is 7.67. The number of benzene rings is 1. The molecule has 1 N–H and O–H groups in total. The number of nitrogens with zero attached hydrogens (tertiary/aromatic N) is 4. The SMILES string of the molecule is Cc1cc(C)cc(CN2CCc3nnc(CCNC(=O)C4CCCO4)n3CC2)c1. The van der Waals surface area contributed by atoms with Crippen LogP contribution in [0.4, 0.5) is 0 Å². The third-order valence-corrected chi connectivity index (χ3v) is 5.75. The monoisotopic (exact) mass is 397 g/mol. The number of nitrogens with one attached hydrogen (secondary N) is 1. The molecule has 1 atom stereocenters. The van der Waals surface area contributed by atoms with E-state index in [0.717, 1.165) is 57.1 Å². The van der Waals surface area contributed by atoms with Crippen molar-refractivity contribution < 1.29 is 9.53 Å². The molecule has 2 aromatic rings. The molecule has 3 heterocycles. The number of fused-ring (bicyclic) bond motifs is 1. The highest BCUT2D eigenvalue weighted by Crippen LogP contribution is 2.15. The molecule has 156 valence electrons. The zero-order valence-electron chi connectivity index (χ0n) is 17.5. The molecule has 1 fully saturated rings. The van der Waals surface area contributed by atoms with E-state index in [9.17, 15) is 4.79 Å². The van der Waals surface area contributed by atoms with E-state index in [1.807, 2.05) is 0 Å². The first-order valence-corrected chi connectivity index (χ1v) is 10.7. The quantitative estimate of drug-likeness (QED) is 0.805. The Hall–Kier alpha value is -2.25. The molecule has 0 radical (unpaired) electrons. The smallest absolute Gasteiger partial charge is 0.249 e. The minimum atomic E-state index is -0.274. The van der Waals surface area contributed by atoms with Gasteiger partial charge in [-0.05, 0) is 32.3 Å². The summed E-state index contributed by atoms with van der Waals surface area (Å²) in [6.07, 6.45) is 3.11. The summed E-state index contributed by atoms with van der Waals surface area (Å²) in [5.74, 6) is 2.01. The van der Waals surface area contributed by atoms with E-state index in [4.69, 9.17) is 4.74 Å². The molecular formula is C22H31N5O2. The molecule has 7 nitrogen and oxygen atoms in total. The Labute approximate surface area is 172 Å². The number of hydrogen-bond donors (Lipinski definition) is 1. The largest absolute Gasteiger partial charge is 0.368 e. The average Bonchev–Trinajstić information content (AvgIpc) is 3.29. The first kappa shape index (κ1) is 20.0. The number of aromatic nitrogens is 3. The van der Waals surface area contributed by atoms with E-state index >= 15 is 0 Å². The topological polar surface area (TPSA) is 72.3 Å². The van der Waals surface area contributed by atoms with Crippen LogP contribution < -0.4 is 5.32 Å². The molecule has 2 aliphatic rings. The van der Waals surface area contributed by atoms with Gasteiger partial charge in [-0.25, -0.2) is 0 Å². The van der Waals surface area contributed by atoms with Crippen LogP contribution in [0.5, 0.6) is 0 Å². The third kappa shape index (κ3) is 5.03. The zero-order valence-corrected chi connectivity index (χ0v) is 17.5. The number of rotatable bonds is 6. The predicted molar refractivity (Wildman–Crippen MR) is 111 cm³/mol. The van der Waals surface area contributed by atoms with Crippen LogP contribution in [0.25, 0.3) is 0 Å². The molecule has 0 spiro atoms. The number of hydrogen-bond acceptors (Lipinski definition) is 5. The highest BCUT2D eigenvalue weighted by atomic mass is 16.5. The fourth-order valence-corrected chi connectivity index (χ4v) is 4.38. The van der Waals surface area contributed by atoms with Gasteiger partial charge in [-0.15, -0.1) is 10.2 Å². The maximum Gasteiger partial charge on any atom is 0.249 e. The molecule has 4 rings (SSSR count). The van der Waals surface area contributed by atoms with Crippen LogP contribution in [0.15, 0.2) is 18.2 Å². The number of carbonyl (C=O) groups is 1. The minimum Gasteiger partial charge on any atom is -0.368 e. The summed E-state index contributed by atoms with van der Waals surface area (Å²) in [6, 6.07) is 6.78. The minimum absolute atomic E-state index is 0.00210. The summed E-state index contributed by atoms with van der Waals surface area (Å²) >= 11 is 0. The van der Waals surface area contributed by atoms with Gasteiger partial charge in [-0.1, -0.05) is 29.3 Å². The summed E-state index contributed by atoms with van der Waals surface area (Å²) in [4.78, 5) is 14.6. The van der Waals surface area contributed by atoms with Crippen molar-refractivity contribution >= 4 is 5.91 Å². The molecule has 0 aliphatic carbocycles. The third-order valence-electron chi connectivity index (χ3n) is 5.75. The van der Waals surface area contributed by atoms with Gasteiger partial charge in [0.2, 0.25) is 5.91 Å². The molecule has 29 heavy (non-hydrogen) atoms. The van der Waals surface area contributed by atoms with Crippen molar-refractivity contribution in [3.63, 3.8) is 0 Å². The van der Waals surface area contributed by atoms with E-state index in [1.54, 1.807) is 0 Å². The number of aryl methyl sites for hydroxylation is 2. The van der Waals surface area contributed by atoms with Crippen molar-refractivity contribution in [1.29, 1.82) is 0 Å². The molecule has 2 aliphatic heterocycles. The van der Waals surface area contributed by atoms with Gasteiger partial charge in [-0.2, -0.15) is 0 Å². The Kier molecular flexibility index (Phi) is 6.25. The van der Waals surface area contributed by atoms with Gasteiger partial charge in [0, 0.05) is 52.2 Å². The van der Waals surface area contributed by atoms with Gasteiger partial charge in [0.15, 0.2) is 0 Å². The highest BCUT2D eigenvalue weighted by molar-refractivity contribution is 5.80. The first-order chi connectivity index (χ1) is 14.1. The lowest BCUT2D eigenvalue weighted by Crippen LogP contribution is -2.35. The lowest BCUT2D eigenvalue weighted by Gasteiger charge is -2.20. The molecule has 0 bridgehead atoms. The van der Waals surface area contributed by atoms with Gasteiger partial charge in [0.1, 0.15) is 17.8 Å². The lowest BCUT2D eigenvalue weighted by atomic mass is 10.1. The highest BCUT2D eigenvalue weighted by Gasteiger charge is 2.23. The van der Waals surface area contributed by atoms with Crippen molar-refractivity contribution in [2.24, 2.45) is 0 Å². The van der Waals surface area contributed by atoms with Gasteiger partial charge in [0.05, 0.1) is 0 Å². The number of ether oxygens (including phenoxy) is 1. The van der Waals surface area contributed by atoms with E-state index in [0.29, 0.717) is 19.6 Å². The Morgan fingerprint density at radius 3 is 2.76 bits per heavy atom. The van der Waals surface area contributed by atoms with Crippen molar-refractivity contribution in [2.45, 2.75) is 58.7 Å². The van der Waals surface area contributed by atoms with Crippen LogP contribution in [-0.2, 0) is 35.5 Å². The lowest BCUT2D eigenvalue weighted by molar-refractivity contribution is -0.130. The molecule has 1 saturated heterocycles. The Morgan fingerprint density at radius 2 is 2.00 bits per heavy atom. The van der Waals surface area contributed by atoms with Crippen molar-refractivity contribution in [1.82, 2.24) is 25.0 Å². The Morgan fingerprint density at radius 1 is 1.17 bits per heavy atom. The van der Waals surface area contributed by atoms with Crippen LogP contribution in [-0.4, -0.2) is 57.9 Å². The first-order valence-electron chi connectivity index (χ1n) is 10.7. The fraction of sp³-hybridized carbons (Fsp3) is 0.591. The molecule has 1 amide bonds. The van der Waals surface area contributed by atoms with Gasteiger partial charge >= 0.3 is 0 Å². The van der Waals surface area contributed by atoms with Crippen LogP contribution in [0.1, 0.15) is 41.2 Å². The number of amides is 1. The second-order valence-corrected chi connectivity index (χ2v) is 8.25. The zero-order chi connectivity index (χ0) is 20.2. The Bertz CT molecular complexity index is 837. The molecular weight excluding hydrogens is 366 g/mol. The van der Waals surface area contributed by atoms with Crippen molar-refractivity contribution in [3.05, 3.63) is 46.5 Å². The van der Waals surface area contributed by atoms with Gasteiger partial charge < -0.3 is 14.6 Å². The predicted octanol–water partition coefficient (Wildman–Crippen LogP) is 1.79. The number of carbonyl (C=O) groups excluding carboxylic acids is 1. The second kappa shape index (κ2) is 9.05. The van der Waals surface area contributed by atoms with Crippen LogP contribution >= 0.6 is 0 Å². The second-order valence-electron chi connectivity index (χ2n) is 8.25. The van der Waals surface area contributed by atoms with Gasteiger partial charge in [-0.3, -0.25) is 9.69 Å². The molecule has 1 unspecified atom stereocenters. The molecule has 0 saturated carbocycles. The fourth-order valence-electron chi connectivity index (χ4n) is 4.38. The van der Waals surface area contributed by atoms with E-state index in [1.165, 1.54) is 16.7 Å². The van der Waals surface area contributed by atoms with E-state index < -0.39 is 0 Å². The summed E-state index contributed by atoms with van der Waals surface area (Å²) in [6.45, 7) is 9.40. The van der Waals surface area contributed by atoms with Crippen LogP contribution in [0.3, 0.4) is 0 Å². The van der Waals surface area contributed by atoms with E-state index in [-0.39, 0.29) is 12.0 Å². The van der Waals surface area contributed by atoms with E-state index in [2.05, 4.69) is 57.0 Å². The summed E-state index contributed by atoms with van der Waals surface area (Å²) in [7, 11) is 0. The average molecular weight is 398 g/mol. The summed E-state index contributed by atoms with van der Waals surface area (Å²) in [5.41, 5.74) is 4.01. The maximum absolute atomic E-state index is 12.1. The van der Waals surface area contributed by atoms with Crippen molar-refractivity contribution in [2.75, 3.05) is 26.2 Å². The van der Waals surface area contributed by atoms with Crippen LogP contribution in [0, 0.1) is 13.8 Å². The summed E-state index contributed by atoms with van der Waals surface area (Å²) in [5, 5.41) is 11.8.